The van der Waals surface area contributed by atoms with Crippen LogP contribution in [0.1, 0.15) is 28.2 Å². The predicted molar refractivity (Wildman–Crippen MR) is 74.3 cm³/mol. The number of rotatable bonds is 6. The Morgan fingerprint density at radius 3 is 2.90 bits per heavy atom. The molecule has 0 fully saturated rings. The second kappa shape index (κ2) is 6.29. The first-order chi connectivity index (χ1) is 9.58. The summed E-state index contributed by atoms with van der Waals surface area (Å²) in [7, 11) is 0. The molecule has 20 heavy (non-hydrogen) atoms. The fourth-order valence-electron chi connectivity index (χ4n) is 1.51. The van der Waals surface area contributed by atoms with Crippen LogP contribution in [0.5, 0.6) is 5.88 Å². The third-order valence-corrected chi connectivity index (χ3v) is 3.15. The molecule has 106 valence electrons. The van der Waals surface area contributed by atoms with Gasteiger partial charge in [-0.2, -0.15) is 4.98 Å². The Balaban J connectivity index is 2.04. The third kappa shape index (κ3) is 3.64. The van der Waals surface area contributed by atoms with Gasteiger partial charge in [0.25, 0.3) is 0 Å². The van der Waals surface area contributed by atoms with Crippen molar-refractivity contribution in [3.05, 3.63) is 28.0 Å². The summed E-state index contributed by atoms with van der Waals surface area (Å²) in [6.07, 6.45) is 0. The number of carboxylic acid groups (broad SMARTS) is 1. The molecule has 2 heterocycles. The summed E-state index contributed by atoms with van der Waals surface area (Å²) in [5.74, 6) is 0.703. The molecular formula is C12H14N4O3S. The van der Waals surface area contributed by atoms with Gasteiger partial charge in [-0.05, 0) is 13.8 Å². The summed E-state index contributed by atoms with van der Waals surface area (Å²) in [5.41, 5.74) is 0.0562. The predicted octanol–water partition coefficient (Wildman–Crippen LogP) is 1.95. The summed E-state index contributed by atoms with van der Waals surface area (Å²) in [6.45, 7) is 4.59. The summed E-state index contributed by atoms with van der Waals surface area (Å²) >= 11 is 1.29. The zero-order valence-electron chi connectivity index (χ0n) is 11.1. The molecule has 8 heteroatoms. The molecule has 2 rings (SSSR count). The first kappa shape index (κ1) is 14.2. The number of carbonyl (C=O) groups is 1. The SMILES string of the molecule is CCOc1cc(NCc2nc(C(=O)O)cs2)nc(C)n1. The van der Waals surface area contributed by atoms with Crippen LogP contribution in [0.2, 0.25) is 0 Å². The van der Waals surface area contributed by atoms with Gasteiger partial charge in [0.1, 0.15) is 16.6 Å². The molecule has 0 atom stereocenters. The van der Waals surface area contributed by atoms with E-state index in [1.54, 1.807) is 13.0 Å². The fourth-order valence-corrected chi connectivity index (χ4v) is 2.22. The van der Waals surface area contributed by atoms with E-state index >= 15 is 0 Å². The third-order valence-electron chi connectivity index (χ3n) is 2.30. The van der Waals surface area contributed by atoms with Crippen LogP contribution in [0.25, 0.3) is 0 Å². The molecule has 0 bridgehead atoms. The van der Waals surface area contributed by atoms with Crippen molar-refractivity contribution >= 4 is 23.1 Å². The number of nitrogens with zero attached hydrogens (tertiary/aromatic N) is 3. The van der Waals surface area contributed by atoms with Crippen LogP contribution >= 0.6 is 11.3 Å². The standard InChI is InChI=1S/C12H14N4O3S/c1-3-19-10-4-9(14-7(2)15-10)13-5-11-16-8(6-20-11)12(17)18/h4,6H,3,5H2,1-2H3,(H,17,18)(H,13,14,15). The molecule has 0 amide bonds. The van der Waals surface area contributed by atoms with Crippen LogP contribution in [0.4, 0.5) is 5.82 Å². The summed E-state index contributed by atoms with van der Waals surface area (Å²) in [4.78, 5) is 23.1. The molecule has 0 saturated carbocycles. The zero-order valence-corrected chi connectivity index (χ0v) is 11.9. The highest BCUT2D eigenvalue weighted by Crippen LogP contribution is 2.16. The van der Waals surface area contributed by atoms with Crippen molar-refractivity contribution in [2.75, 3.05) is 11.9 Å². The number of thiazole rings is 1. The molecule has 0 aliphatic heterocycles. The maximum atomic E-state index is 10.7. The summed E-state index contributed by atoms with van der Waals surface area (Å²) in [5, 5.41) is 14.1. The molecule has 2 N–H and O–H groups in total. The number of carboxylic acids is 1. The Hall–Kier alpha value is -2.22. The topological polar surface area (TPSA) is 97.2 Å². The van der Waals surface area contributed by atoms with Crippen LogP contribution in [0.3, 0.4) is 0 Å². The van der Waals surface area contributed by atoms with Crippen molar-refractivity contribution in [2.45, 2.75) is 20.4 Å². The highest BCUT2D eigenvalue weighted by Gasteiger charge is 2.09. The first-order valence-corrected chi connectivity index (χ1v) is 6.86. The zero-order chi connectivity index (χ0) is 14.5. The van der Waals surface area contributed by atoms with Crippen LogP contribution in [0.15, 0.2) is 11.4 Å². The molecule has 7 nitrogen and oxygen atoms in total. The van der Waals surface area contributed by atoms with Gasteiger partial charge in [0.05, 0.1) is 13.2 Å². The minimum Gasteiger partial charge on any atom is -0.478 e. The monoisotopic (exact) mass is 294 g/mol. The van der Waals surface area contributed by atoms with E-state index in [9.17, 15) is 4.79 Å². The molecule has 2 aromatic heterocycles. The van der Waals surface area contributed by atoms with Gasteiger partial charge in [-0.3, -0.25) is 0 Å². The molecule has 0 radical (unpaired) electrons. The molecule has 0 saturated heterocycles. The highest BCUT2D eigenvalue weighted by molar-refractivity contribution is 7.09. The maximum Gasteiger partial charge on any atom is 0.355 e. The van der Waals surface area contributed by atoms with Gasteiger partial charge in [0.2, 0.25) is 5.88 Å². The minimum atomic E-state index is -1.02. The van der Waals surface area contributed by atoms with Crippen LogP contribution in [-0.2, 0) is 6.54 Å². The van der Waals surface area contributed by atoms with Gasteiger partial charge >= 0.3 is 5.97 Å². The lowest BCUT2D eigenvalue weighted by atomic mass is 10.5. The van der Waals surface area contributed by atoms with Crippen molar-refractivity contribution < 1.29 is 14.6 Å². The van der Waals surface area contributed by atoms with Crippen molar-refractivity contribution in [3.8, 4) is 5.88 Å². The number of anilines is 1. The van der Waals surface area contributed by atoms with Crippen LogP contribution < -0.4 is 10.1 Å². The van der Waals surface area contributed by atoms with E-state index in [2.05, 4.69) is 20.3 Å². The van der Waals surface area contributed by atoms with E-state index in [4.69, 9.17) is 9.84 Å². The van der Waals surface area contributed by atoms with Crippen LogP contribution in [0, 0.1) is 6.92 Å². The van der Waals surface area contributed by atoms with Gasteiger partial charge in [-0.1, -0.05) is 0 Å². The number of ether oxygens (including phenoxy) is 1. The number of aromatic nitrogens is 3. The van der Waals surface area contributed by atoms with Gasteiger partial charge in [-0.25, -0.2) is 14.8 Å². The van der Waals surface area contributed by atoms with E-state index in [-0.39, 0.29) is 5.69 Å². The second-order valence-electron chi connectivity index (χ2n) is 3.86. The van der Waals surface area contributed by atoms with E-state index in [0.29, 0.717) is 35.7 Å². The van der Waals surface area contributed by atoms with Gasteiger partial charge < -0.3 is 15.2 Å². The molecule has 0 unspecified atom stereocenters. The Morgan fingerprint density at radius 2 is 2.25 bits per heavy atom. The van der Waals surface area contributed by atoms with Gasteiger partial charge in [0.15, 0.2) is 5.69 Å². The summed E-state index contributed by atoms with van der Waals surface area (Å²) in [6, 6.07) is 1.70. The number of hydrogen-bond donors (Lipinski definition) is 2. The molecule has 2 aromatic rings. The number of aromatic carboxylic acids is 1. The van der Waals surface area contributed by atoms with Crippen molar-refractivity contribution in [3.63, 3.8) is 0 Å². The normalized spacial score (nSPS) is 10.3. The minimum absolute atomic E-state index is 0.0562. The lowest BCUT2D eigenvalue weighted by Gasteiger charge is -2.07. The van der Waals surface area contributed by atoms with E-state index in [1.807, 2.05) is 6.92 Å². The molecule has 0 aliphatic rings. The average molecular weight is 294 g/mol. The summed E-state index contributed by atoms with van der Waals surface area (Å²) < 4.78 is 5.33. The number of hydrogen-bond acceptors (Lipinski definition) is 7. The van der Waals surface area contributed by atoms with E-state index in [1.165, 1.54) is 16.7 Å². The lowest BCUT2D eigenvalue weighted by molar-refractivity contribution is 0.0691. The Bertz CT molecular complexity index is 614. The largest absolute Gasteiger partial charge is 0.478 e. The lowest BCUT2D eigenvalue weighted by Crippen LogP contribution is -2.05. The number of nitrogens with one attached hydrogen (secondary N) is 1. The van der Waals surface area contributed by atoms with Gasteiger partial charge in [0, 0.05) is 11.4 Å². The van der Waals surface area contributed by atoms with Gasteiger partial charge in [-0.15, -0.1) is 11.3 Å². The van der Waals surface area contributed by atoms with Crippen molar-refractivity contribution in [1.29, 1.82) is 0 Å². The second-order valence-corrected chi connectivity index (χ2v) is 4.80. The van der Waals surface area contributed by atoms with E-state index < -0.39 is 5.97 Å². The van der Waals surface area contributed by atoms with Crippen LogP contribution in [-0.4, -0.2) is 32.6 Å². The molecule has 0 spiro atoms. The molecule has 0 aliphatic carbocycles. The Labute approximate surface area is 119 Å². The average Bonchev–Trinajstić information content (AvgIpc) is 2.85. The Kier molecular flexibility index (Phi) is 4.46. The fraction of sp³-hybridized carbons (Fsp3) is 0.333. The first-order valence-electron chi connectivity index (χ1n) is 5.98. The molecule has 0 aromatic carbocycles. The molecular weight excluding hydrogens is 280 g/mol. The van der Waals surface area contributed by atoms with Crippen molar-refractivity contribution in [2.24, 2.45) is 0 Å². The smallest absolute Gasteiger partial charge is 0.355 e. The van der Waals surface area contributed by atoms with Crippen molar-refractivity contribution in [1.82, 2.24) is 15.0 Å². The van der Waals surface area contributed by atoms with E-state index in [0.717, 1.165) is 0 Å². The highest BCUT2D eigenvalue weighted by atomic mass is 32.1. The maximum absolute atomic E-state index is 10.7. The Morgan fingerprint density at radius 1 is 1.45 bits per heavy atom. The number of aryl methyl sites for hydroxylation is 1. The quantitative estimate of drug-likeness (QED) is 0.840.